The van der Waals surface area contributed by atoms with Crippen LogP contribution in [0.5, 0.6) is 5.75 Å². The number of hydrogen-bond donors (Lipinski definition) is 2. The van der Waals surface area contributed by atoms with Crippen LogP contribution in [-0.4, -0.2) is 26.6 Å². The van der Waals surface area contributed by atoms with Gasteiger partial charge in [0.15, 0.2) is 5.76 Å². The van der Waals surface area contributed by atoms with Crippen LogP contribution < -0.4 is 14.8 Å². The molecule has 8 nitrogen and oxygen atoms in total. The maximum atomic E-state index is 12.7. The molecule has 2 aromatic heterocycles. The van der Waals surface area contributed by atoms with Gasteiger partial charge in [0, 0.05) is 11.3 Å². The lowest BCUT2D eigenvalue weighted by Gasteiger charge is -2.10. The number of anilines is 2. The number of nitrogens with one attached hydrogen (secondary N) is 2. The van der Waals surface area contributed by atoms with Gasteiger partial charge in [0.05, 0.1) is 12.8 Å². The molecule has 0 fully saturated rings. The van der Waals surface area contributed by atoms with Gasteiger partial charge < -0.3 is 14.6 Å². The standard InChI is InChI=1S/C20H21N3O5S2/c1-4-18(24)21-20-13(2)22-28-17(20)11-9-14-10-12-19(29-14)30(25,26)23-15-7-5-6-8-16(15)27-3/h5-12,23H,4H2,1-3H3,(H,21,24)/b11-9+. The predicted octanol–water partition coefficient (Wildman–Crippen LogP) is 4.37. The minimum absolute atomic E-state index is 0.150. The van der Waals surface area contributed by atoms with E-state index in [1.807, 2.05) is 0 Å². The molecule has 1 amide bonds. The molecule has 2 N–H and O–H groups in total. The Bertz CT molecular complexity index is 1180. The molecule has 0 spiro atoms. The molecule has 158 valence electrons. The van der Waals surface area contributed by atoms with Crippen molar-refractivity contribution in [3.05, 3.63) is 52.7 Å². The first-order valence-corrected chi connectivity index (χ1v) is 11.3. The lowest BCUT2D eigenvalue weighted by molar-refractivity contribution is -0.115. The van der Waals surface area contributed by atoms with Crippen LogP contribution in [0.4, 0.5) is 11.4 Å². The highest BCUT2D eigenvalue weighted by molar-refractivity contribution is 7.94. The zero-order valence-corrected chi connectivity index (χ0v) is 18.3. The van der Waals surface area contributed by atoms with E-state index in [0.717, 1.165) is 11.3 Å². The fourth-order valence-corrected chi connectivity index (χ4v) is 4.83. The number of para-hydroxylation sites is 2. The fraction of sp³-hybridized carbons (Fsp3) is 0.200. The number of amides is 1. The summed E-state index contributed by atoms with van der Waals surface area (Å²) in [6.07, 6.45) is 3.68. The Morgan fingerprint density at radius 2 is 2.00 bits per heavy atom. The summed E-state index contributed by atoms with van der Waals surface area (Å²) in [6.45, 7) is 3.48. The fourth-order valence-electron chi connectivity index (χ4n) is 2.53. The molecule has 1 aromatic carbocycles. The second-order valence-corrected chi connectivity index (χ2v) is 9.23. The lowest BCUT2D eigenvalue weighted by Crippen LogP contribution is -2.12. The predicted molar refractivity (Wildman–Crippen MR) is 117 cm³/mol. The average molecular weight is 448 g/mol. The molecule has 0 aliphatic heterocycles. The van der Waals surface area contributed by atoms with Gasteiger partial charge in [0.1, 0.15) is 21.3 Å². The van der Waals surface area contributed by atoms with Gasteiger partial charge in [-0.3, -0.25) is 9.52 Å². The van der Waals surface area contributed by atoms with E-state index in [9.17, 15) is 13.2 Å². The summed E-state index contributed by atoms with van der Waals surface area (Å²) in [6, 6.07) is 9.99. The molecule has 0 unspecified atom stereocenters. The smallest absolute Gasteiger partial charge is 0.271 e. The van der Waals surface area contributed by atoms with Gasteiger partial charge in [-0.05, 0) is 43.3 Å². The third-order valence-electron chi connectivity index (χ3n) is 4.09. The van der Waals surface area contributed by atoms with Gasteiger partial charge in [-0.25, -0.2) is 8.42 Å². The maximum absolute atomic E-state index is 12.7. The molecule has 0 saturated carbocycles. The number of carbonyl (C=O) groups is 1. The number of ether oxygens (including phenoxy) is 1. The molecule has 3 aromatic rings. The van der Waals surface area contributed by atoms with Crippen LogP contribution in [0.2, 0.25) is 0 Å². The number of benzene rings is 1. The first-order valence-electron chi connectivity index (χ1n) is 9.04. The van der Waals surface area contributed by atoms with Gasteiger partial charge in [-0.2, -0.15) is 0 Å². The Morgan fingerprint density at radius 1 is 1.23 bits per heavy atom. The molecule has 0 aliphatic rings. The van der Waals surface area contributed by atoms with Crippen LogP contribution in [0.1, 0.15) is 29.7 Å². The number of methoxy groups -OCH3 is 1. The van der Waals surface area contributed by atoms with Crippen molar-refractivity contribution in [2.75, 3.05) is 17.1 Å². The van der Waals surface area contributed by atoms with Gasteiger partial charge in [0.25, 0.3) is 10.0 Å². The van der Waals surface area contributed by atoms with E-state index in [1.165, 1.54) is 13.2 Å². The van der Waals surface area contributed by atoms with Crippen LogP contribution in [-0.2, 0) is 14.8 Å². The van der Waals surface area contributed by atoms with E-state index in [1.54, 1.807) is 56.3 Å². The highest BCUT2D eigenvalue weighted by Crippen LogP contribution is 2.30. The lowest BCUT2D eigenvalue weighted by atomic mass is 10.2. The summed E-state index contributed by atoms with van der Waals surface area (Å²) < 4.78 is 38.6. The molecule has 10 heteroatoms. The number of nitrogens with zero attached hydrogens (tertiary/aromatic N) is 1. The van der Waals surface area contributed by atoms with Crippen molar-refractivity contribution >= 4 is 50.8 Å². The van der Waals surface area contributed by atoms with E-state index in [0.29, 0.717) is 39.9 Å². The molecule has 2 heterocycles. The molecule has 0 radical (unpaired) electrons. The van der Waals surface area contributed by atoms with Crippen molar-refractivity contribution in [2.45, 2.75) is 24.5 Å². The molecular formula is C20H21N3O5S2. The zero-order chi connectivity index (χ0) is 21.7. The van der Waals surface area contributed by atoms with Crippen molar-refractivity contribution in [3.63, 3.8) is 0 Å². The van der Waals surface area contributed by atoms with Crippen molar-refractivity contribution in [1.82, 2.24) is 5.16 Å². The van der Waals surface area contributed by atoms with E-state index in [-0.39, 0.29) is 10.1 Å². The van der Waals surface area contributed by atoms with Gasteiger partial charge >= 0.3 is 0 Å². The van der Waals surface area contributed by atoms with Gasteiger partial charge in [-0.15, -0.1) is 11.3 Å². The van der Waals surface area contributed by atoms with E-state index < -0.39 is 10.0 Å². The number of carbonyl (C=O) groups excluding carboxylic acids is 1. The molecule has 0 bridgehead atoms. The van der Waals surface area contributed by atoms with Crippen LogP contribution in [0.25, 0.3) is 12.2 Å². The normalized spacial score (nSPS) is 11.6. The Hall–Kier alpha value is -3.11. The summed E-state index contributed by atoms with van der Waals surface area (Å²) >= 11 is 1.10. The first kappa shape index (κ1) is 21.6. The number of aryl methyl sites for hydroxylation is 1. The Morgan fingerprint density at radius 3 is 2.73 bits per heavy atom. The zero-order valence-electron chi connectivity index (χ0n) is 16.6. The Balaban J connectivity index is 1.79. The van der Waals surface area contributed by atoms with Crippen LogP contribution >= 0.6 is 11.3 Å². The second kappa shape index (κ2) is 9.14. The van der Waals surface area contributed by atoms with E-state index in [2.05, 4.69) is 15.2 Å². The second-order valence-electron chi connectivity index (χ2n) is 6.20. The SMILES string of the molecule is CCC(=O)Nc1c(C)noc1/C=C/c1ccc(S(=O)(=O)Nc2ccccc2OC)s1. The highest BCUT2D eigenvalue weighted by Gasteiger charge is 2.19. The topological polar surface area (TPSA) is 111 Å². The summed E-state index contributed by atoms with van der Waals surface area (Å²) in [5, 5.41) is 6.62. The minimum Gasteiger partial charge on any atom is -0.495 e. The third-order valence-corrected chi connectivity index (χ3v) is 7.00. The summed E-state index contributed by atoms with van der Waals surface area (Å²) in [5.74, 6) is 0.669. The molecule has 0 atom stereocenters. The highest BCUT2D eigenvalue weighted by atomic mass is 32.2. The van der Waals surface area contributed by atoms with Crippen molar-refractivity contribution in [1.29, 1.82) is 0 Å². The quantitative estimate of drug-likeness (QED) is 0.530. The number of aromatic nitrogens is 1. The third kappa shape index (κ3) is 4.89. The van der Waals surface area contributed by atoms with E-state index in [4.69, 9.17) is 9.26 Å². The summed E-state index contributed by atoms with van der Waals surface area (Å²) in [5.41, 5.74) is 1.42. The number of rotatable bonds is 8. The molecule has 0 aliphatic carbocycles. The monoisotopic (exact) mass is 447 g/mol. The number of thiophene rings is 1. The van der Waals surface area contributed by atoms with E-state index >= 15 is 0 Å². The van der Waals surface area contributed by atoms with Crippen molar-refractivity contribution in [3.8, 4) is 5.75 Å². The van der Waals surface area contributed by atoms with Crippen molar-refractivity contribution < 1.29 is 22.5 Å². The summed E-state index contributed by atoms with van der Waals surface area (Å²) in [4.78, 5) is 12.4. The van der Waals surface area contributed by atoms with Crippen LogP contribution in [0.3, 0.4) is 0 Å². The maximum Gasteiger partial charge on any atom is 0.271 e. The number of sulfonamides is 1. The van der Waals surface area contributed by atoms with Crippen LogP contribution in [0, 0.1) is 6.92 Å². The van der Waals surface area contributed by atoms with Crippen LogP contribution in [0.15, 0.2) is 45.1 Å². The Labute approximate surface area is 178 Å². The minimum atomic E-state index is -3.77. The van der Waals surface area contributed by atoms with Crippen molar-refractivity contribution in [2.24, 2.45) is 0 Å². The molecule has 30 heavy (non-hydrogen) atoms. The Kier molecular flexibility index (Phi) is 6.58. The van der Waals surface area contributed by atoms with Gasteiger partial charge in [-0.1, -0.05) is 24.2 Å². The van der Waals surface area contributed by atoms with Gasteiger partial charge in [0.2, 0.25) is 5.91 Å². The average Bonchev–Trinajstić information content (AvgIpc) is 3.34. The molecule has 0 saturated heterocycles. The molecule has 3 rings (SSSR count). The summed E-state index contributed by atoms with van der Waals surface area (Å²) in [7, 11) is -2.29. The largest absolute Gasteiger partial charge is 0.495 e. The number of hydrogen-bond acceptors (Lipinski definition) is 7. The molecular weight excluding hydrogens is 426 g/mol. The first-order chi connectivity index (χ1) is 14.3.